The number of nitro benzene ring substituents is 1. The highest BCUT2D eigenvalue weighted by atomic mass is 16.6. The van der Waals surface area contributed by atoms with Gasteiger partial charge in [-0.2, -0.15) is 0 Å². The first kappa shape index (κ1) is 13.5. The number of rotatable bonds is 4. The first-order valence-electron chi connectivity index (χ1n) is 5.90. The van der Waals surface area contributed by atoms with Crippen molar-refractivity contribution >= 4 is 23.7 Å². The third-order valence-electron chi connectivity index (χ3n) is 2.57. The van der Waals surface area contributed by atoms with E-state index >= 15 is 0 Å². The molecule has 2 aromatic rings. The number of benzene rings is 2. The van der Waals surface area contributed by atoms with Crippen molar-refractivity contribution in [3.63, 3.8) is 0 Å². The summed E-state index contributed by atoms with van der Waals surface area (Å²) in [5.41, 5.74) is 1.38. The number of non-ortho nitro benzene ring substituents is 1. The lowest BCUT2D eigenvalue weighted by molar-refractivity contribution is -0.384. The van der Waals surface area contributed by atoms with Crippen LogP contribution < -0.4 is 0 Å². The quantitative estimate of drug-likeness (QED) is 0.521. The van der Waals surface area contributed by atoms with E-state index in [0.29, 0.717) is 5.69 Å². The summed E-state index contributed by atoms with van der Waals surface area (Å²) in [5, 5.41) is 20.0. The van der Waals surface area contributed by atoms with Crippen molar-refractivity contribution in [2.45, 2.75) is 0 Å². The van der Waals surface area contributed by atoms with Gasteiger partial charge in [-0.3, -0.25) is 15.1 Å². The van der Waals surface area contributed by atoms with Gasteiger partial charge >= 0.3 is 0 Å². The van der Waals surface area contributed by atoms with Crippen molar-refractivity contribution in [3.8, 4) is 5.75 Å². The fourth-order valence-corrected chi connectivity index (χ4v) is 1.56. The molecule has 0 atom stereocenters. The lowest BCUT2D eigenvalue weighted by Gasteiger charge is -1.95. The predicted octanol–water partition coefficient (Wildman–Crippen LogP) is 3.72. The second-order valence-corrected chi connectivity index (χ2v) is 3.97. The molecule has 0 unspecified atom stereocenters. The molecule has 0 aromatic heterocycles. The number of nitro groups is 1. The average Bonchev–Trinajstić information content (AvgIpc) is 2.46. The van der Waals surface area contributed by atoms with Gasteiger partial charge in [0.15, 0.2) is 0 Å². The van der Waals surface area contributed by atoms with Crippen molar-refractivity contribution in [1.29, 1.82) is 0 Å². The molecule has 0 saturated carbocycles. The SMILES string of the molecule is O=[N+]([O-])c1ccc(/C=C/C=Nc2ccccc2O)cc1. The fourth-order valence-electron chi connectivity index (χ4n) is 1.56. The van der Waals surface area contributed by atoms with Crippen LogP contribution in [0.3, 0.4) is 0 Å². The summed E-state index contributed by atoms with van der Waals surface area (Å²) in [7, 11) is 0. The monoisotopic (exact) mass is 268 g/mol. The predicted molar refractivity (Wildman–Crippen MR) is 78.4 cm³/mol. The molecule has 2 rings (SSSR count). The molecule has 1 N–H and O–H groups in total. The van der Waals surface area contributed by atoms with E-state index in [-0.39, 0.29) is 11.4 Å². The largest absolute Gasteiger partial charge is 0.506 e. The summed E-state index contributed by atoms with van der Waals surface area (Å²) in [6, 6.07) is 13.0. The van der Waals surface area contributed by atoms with Gasteiger partial charge in [-0.05, 0) is 35.9 Å². The van der Waals surface area contributed by atoms with E-state index in [1.165, 1.54) is 12.1 Å². The van der Waals surface area contributed by atoms with Gasteiger partial charge in [-0.15, -0.1) is 0 Å². The van der Waals surface area contributed by atoms with Crippen molar-refractivity contribution in [2.75, 3.05) is 0 Å². The zero-order chi connectivity index (χ0) is 14.4. The first-order valence-corrected chi connectivity index (χ1v) is 5.90. The van der Waals surface area contributed by atoms with Crippen LogP contribution in [0.5, 0.6) is 5.75 Å². The van der Waals surface area contributed by atoms with Crippen LogP contribution in [-0.2, 0) is 0 Å². The number of phenols is 1. The van der Waals surface area contributed by atoms with E-state index in [9.17, 15) is 15.2 Å². The van der Waals surface area contributed by atoms with Gasteiger partial charge in [-0.1, -0.05) is 18.2 Å². The van der Waals surface area contributed by atoms with E-state index in [1.807, 2.05) is 0 Å². The third kappa shape index (κ3) is 3.52. The molecule has 20 heavy (non-hydrogen) atoms. The van der Waals surface area contributed by atoms with Gasteiger partial charge in [0.25, 0.3) is 5.69 Å². The van der Waals surface area contributed by atoms with Crippen LogP contribution in [0.25, 0.3) is 6.08 Å². The minimum Gasteiger partial charge on any atom is -0.506 e. The van der Waals surface area contributed by atoms with Gasteiger partial charge in [-0.25, -0.2) is 0 Å². The van der Waals surface area contributed by atoms with E-state index < -0.39 is 4.92 Å². The zero-order valence-corrected chi connectivity index (χ0v) is 10.5. The summed E-state index contributed by atoms with van der Waals surface area (Å²) in [6.45, 7) is 0. The van der Waals surface area contributed by atoms with Gasteiger partial charge in [0, 0.05) is 18.3 Å². The molecule has 2 aromatic carbocycles. The lowest BCUT2D eigenvalue weighted by atomic mass is 10.2. The number of para-hydroxylation sites is 2. The van der Waals surface area contributed by atoms with Gasteiger partial charge < -0.3 is 5.11 Å². The van der Waals surface area contributed by atoms with Crippen LogP contribution in [0.2, 0.25) is 0 Å². The lowest BCUT2D eigenvalue weighted by Crippen LogP contribution is -1.86. The number of nitrogens with zero attached hydrogens (tertiary/aromatic N) is 2. The van der Waals surface area contributed by atoms with Crippen LogP contribution in [-0.4, -0.2) is 16.2 Å². The standard InChI is InChI=1S/C15H12N2O3/c18-15-6-2-1-5-14(15)16-11-3-4-12-7-9-13(10-8-12)17(19)20/h1-11,18H/b4-3+,16-11?. The maximum absolute atomic E-state index is 10.5. The Hall–Kier alpha value is -2.95. The first-order chi connectivity index (χ1) is 9.66. The molecule has 0 bridgehead atoms. The molecule has 0 amide bonds. The van der Waals surface area contributed by atoms with Gasteiger partial charge in [0.2, 0.25) is 0 Å². The molecule has 0 saturated heterocycles. The highest BCUT2D eigenvalue weighted by Gasteiger charge is 2.01. The van der Waals surface area contributed by atoms with Gasteiger partial charge in [0.1, 0.15) is 11.4 Å². The summed E-state index contributed by atoms with van der Waals surface area (Å²) in [5.74, 6) is 0.118. The average molecular weight is 268 g/mol. The van der Waals surface area contributed by atoms with Crippen LogP contribution in [0, 0.1) is 10.1 Å². The maximum Gasteiger partial charge on any atom is 0.269 e. The van der Waals surface area contributed by atoms with E-state index in [0.717, 1.165) is 5.56 Å². The molecule has 0 radical (unpaired) electrons. The normalized spacial score (nSPS) is 11.2. The molecular weight excluding hydrogens is 256 g/mol. The van der Waals surface area contributed by atoms with Crippen molar-refractivity contribution in [2.24, 2.45) is 4.99 Å². The third-order valence-corrected chi connectivity index (χ3v) is 2.57. The van der Waals surface area contributed by atoms with Crippen LogP contribution in [0.4, 0.5) is 11.4 Å². The molecule has 0 aliphatic rings. The molecule has 5 heteroatoms. The summed E-state index contributed by atoms with van der Waals surface area (Å²) < 4.78 is 0. The summed E-state index contributed by atoms with van der Waals surface area (Å²) in [4.78, 5) is 14.2. The molecule has 100 valence electrons. The minimum atomic E-state index is -0.437. The van der Waals surface area contributed by atoms with Crippen molar-refractivity contribution < 1.29 is 10.0 Å². The fraction of sp³-hybridized carbons (Fsp3) is 0. The Labute approximate surface area is 115 Å². The molecular formula is C15H12N2O3. The number of aromatic hydroxyl groups is 1. The van der Waals surface area contributed by atoms with Crippen LogP contribution in [0.1, 0.15) is 5.56 Å². The van der Waals surface area contributed by atoms with Crippen LogP contribution >= 0.6 is 0 Å². The Morgan fingerprint density at radius 3 is 2.45 bits per heavy atom. The molecule has 0 heterocycles. The Morgan fingerprint density at radius 2 is 1.80 bits per heavy atom. The number of hydrogen-bond donors (Lipinski definition) is 1. The molecule has 5 nitrogen and oxygen atoms in total. The second-order valence-electron chi connectivity index (χ2n) is 3.97. The smallest absolute Gasteiger partial charge is 0.269 e. The minimum absolute atomic E-state index is 0.0602. The van der Waals surface area contributed by atoms with Crippen molar-refractivity contribution in [1.82, 2.24) is 0 Å². The number of aliphatic imine (C=N–C) groups is 1. The van der Waals surface area contributed by atoms with E-state index in [4.69, 9.17) is 0 Å². The Kier molecular flexibility index (Phi) is 4.24. The Bertz CT molecular complexity index is 661. The molecule has 0 fully saturated rings. The molecule has 0 aliphatic carbocycles. The maximum atomic E-state index is 10.5. The Balaban J connectivity index is 2.03. The topological polar surface area (TPSA) is 75.7 Å². The second kappa shape index (κ2) is 6.29. The number of allylic oxidation sites excluding steroid dienone is 1. The Morgan fingerprint density at radius 1 is 1.10 bits per heavy atom. The van der Waals surface area contributed by atoms with Gasteiger partial charge in [0.05, 0.1) is 4.92 Å². The van der Waals surface area contributed by atoms with E-state index in [1.54, 1.807) is 54.8 Å². The summed E-state index contributed by atoms with van der Waals surface area (Å²) in [6.07, 6.45) is 5.03. The zero-order valence-electron chi connectivity index (χ0n) is 10.5. The van der Waals surface area contributed by atoms with Crippen molar-refractivity contribution in [3.05, 3.63) is 70.3 Å². The van der Waals surface area contributed by atoms with E-state index in [2.05, 4.69) is 4.99 Å². The highest BCUT2D eigenvalue weighted by Crippen LogP contribution is 2.24. The number of phenolic OH excluding ortho intramolecular Hbond substituents is 1. The number of hydrogen-bond acceptors (Lipinski definition) is 4. The molecule has 0 aliphatic heterocycles. The molecule has 0 spiro atoms. The summed E-state index contributed by atoms with van der Waals surface area (Å²) >= 11 is 0. The van der Waals surface area contributed by atoms with Crippen LogP contribution in [0.15, 0.2) is 59.6 Å². The highest BCUT2D eigenvalue weighted by molar-refractivity contribution is 5.81.